The summed E-state index contributed by atoms with van der Waals surface area (Å²) in [4.78, 5) is 13.8. The molecule has 19 atom stereocenters. The normalized spacial score (nSPS) is 53.3. The topological polar surface area (TPSA) is 150 Å². The first-order valence-corrected chi connectivity index (χ1v) is 19.8. The van der Waals surface area contributed by atoms with Crippen molar-refractivity contribution in [3.8, 4) is 0 Å². The zero-order valence-corrected chi connectivity index (χ0v) is 30.4. The van der Waals surface area contributed by atoms with E-state index in [1.807, 2.05) is 0 Å². The lowest BCUT2D eigenvalue weighted by molar-refractivity contribution is -0.293. The summed E-state index contributed by atoms with van der Waals surface area (Å²) in [6.45, 7) is 10.8. The van der Waals surface area contributed by atoms with Crippen LogP contribution in [-0.4, -0.2) is 139 Å². The van der Waals surface area contributed by atoms with Crippen LogP contribution in [0.5, 0.6) is 0 Å². The summed E-state index contributed by atoms with van der Waals surface area (Å²) >= 11 is 0. The molecule has 2 N–H and O–H groups in total. The Kier molecular flexibility index (Phi) is 9.89. The van der Waals surface area contributed by atoms with Gasteiger partial charge >= 0.3 is 5.97 Å². The van der Waals surface area contributed by atoms with E-state index >= 15 is 0 Å². The van der Waals surface area contributed by atoms with Gasteiger partial charge in [-0.25, -0.2) is 0 Å². The number of aliphatic hydroxyl groups excluding tert-OH is 2. The third-order valence-corrected chi connectivity index (χ3v) is 13.5. The molecule has 0 aromatic carbocycles. The van der Waals surface area contributed by atoms with Crippen LogP contribution in [0.1, 0.15) is 84.0 Å². The monoisotopic (exact) mass is 732 g/mol. The second kappa shape index (κ2) is 14.2. The van der Waals surface area contributed by atoms with E-state index in [0.29, 0.717) is 32.1 Å². The molecule has 0 radical (unpaired) electrons. The first kappa shape index (κ1) is 36.2. The van der Waals surface area contributed by atoms with Gasteiger partial charge in [-0.3, -0.25) is 4.79 Å². The molecule has 0 amide bonds. The summed E-state index contributed by atoms with van der Waals surface area (Å²) in [5.74, 6) is -1.09. The number of fused-ring (bicyclic) bond motifs is 6. The molecule has 290 valence electrons. The van der Waals surface area contributed by atoms with Crippen LogP contribution in [0.25, 0.3) is 0 Å². The van der Waals surface area contributed by atoms with Crippen molar-refractivity contribution >= 4 is 5.97 Å². The van der Waals surface area contributed by atoms with Gasteiger partial charge in [0.2, 0.25) is 0 Å². The van der Waals surface area contributed by atoms with Crippen molar-refractivity contribution < 1.29 is 62.4 Å². The Bertz CT molecular complexity index is 1380. The van der Waals surface area contributed by atoms with Gasteiger partial charge in [-0.05, 0) is 68.4 Å². The van der Waals surface area contributed by atoms with Gasteiger partial charge in [-0.2, -0.15) is 0 Å². The Labute approximate surface area is 305 Å². The van der Waals surface area contributed by atoms with E-state index in [1.54, 1.807) is 0 Å². The third kappa shape index (κ3) is 6.43. The highest BCUT2D eigenvalue weighted by atomic mass is 16.8. The number of carbonyl (C=O) groups is 1. The lowest BCUT2D eigenvalue weighted by atomic mass is 9.83. The Hall–Kier alpha value is -1.49. The Balaban J connectivity index is 1.00. The minimum absolute atomic E-state index is 0.00339. The van der Waals surface area contributed by atoms with Crippen molar-refractivity contribution in [2.75, 3.05) is 13.7 Å². The second-order valence-electron chi connectivity index (χ2n) is 16.9. The van der Waals surface area contributed by atoms with E-state index in [0.717, 1.165) is 43.3 Å². The van der Waals surface area contributed by atoms with Crippen LogP contribution in [-0.2, 0) is 52.2 Å². The minimum atomic E-state index is -1.11. The Morgan fingerprint density at radius 2 is 1.52 bits per heavy atom. The van der Waals surface area contributed by atoms with E-state index in [9.17, 15) is 15.0 Å². The van der Waals surface area contributed by atoms with Gasteiger partial charge < -0.3 is 57.6 Å². The van der Waals surface area contributed by atoms with Crippen LogP contribution in [0.15, 0.2) is 24.3 Å². The molecule has 12 bridgehead atoms. The van der Waals surface area contributed by atoms with Crippen LogP contribution in [0.4, 0.5) is 0 Å². The van der Waals surface area contributed by atoms with Crippen LogP contribution >= 0.6 is 0 Å². The number of carbonyl (C=O) groups excluding carboxylic acids is 1. The number of hydrogen-bond donors (Lipinski definition) is 2. The van der Waals surface area contributed by atoms with Gasteiger partial charge in [-0.1, -0.05) is 20.1 Å². The van der Waals surface area contributed by atoms with Gasteiger partial charge in [0.15, 0.2) is 11.9 Å². The predicted octanol–water partition coefficient (Wildman–Crippen LogP) is 2.81. The molecule has 10 heterocycles. The van der Waals surface area contributed by atoms with Gasteiger partial charge in [0, 0.05) is 33.0 Å². The maximum absolute atomic E-state index is 13.8. The SMILES string of the molecule is C=C1C[C@@H]2CC[C@@]34C[C@@H]5O[C@@H]6C(O[C@H]7CC[C@H](CC(=O)O[C@@H]8[C@@H](OC)[C@@H](O)[C@H](CCO)O[C@H]8C[C@H]8O[C@@H](CC[C@@H]1O2)C[C@@H](C)C8=C)O[C@@H]7[C@@H]6O3)[C@H]5O4. The van der Waals surface area contributed by atoms with Crippen molar-refractivity contribution in [1.29, 1.82) is 0 Å². The smallest absolute Gasteiger partial charge is 0.308 e. The van der Waals surface area contributed by atoms with Crippen LogP contribution in [0.3, 0.4) is 0 Å². The van der Waals surface area contributed by atoms with Crippen LogP contribution in [0, 0.1) is 5.92 Å². The minimum Gasteiger partial charge on any atom is -0.457 e. The summed E-state index contributed by atoms with van der Waals surface area (Å²) in [6, 6.07) is 0. The van der Waals surface area contributed by atoms with Gasteiger partial charge in [0.05, 0.1) is 55.3 Å². The summed E-state index contributed by atoms with van der Waals surface area (Å²) < 4.78 is 65.4. The Morgan fingerprint density at radius 1 is 0.769 bits per heavy atom. The number of hydrogen-bond acceptors (Lipinski definition) is 13. The first-order valence-electron chi connectivity index (χ1n) is 19.8. The lowest BCUT2D eigenvalue weighted by Gasteiger charge is -2.47. The van der Waals surface area contributed by atoms with Gasteiger partial charge in [0.1, 0.15) is 48.8 Å². The van der Waals surface area contributed by atoms with Crippen LogP contribution < -0.4 is 0 Å². The predicted molar refractivity (Wildman–Crippen MR) is 181 cm³/mol. The van der Waals surface area contributed by atoms with Crippen molar-refractivity contribution in [3.05, 3.63) is 24.3 Å². The summed E-state index contributed by atoms with van der Waals surface area (Å²) in [6.07, 6.45) is 0.205. The standard InChI is InChI=1S/C39H56O13/c1-18-13-21-5-7-24-19(2)14-23(44-24)9-11-39-17-29-34(51-39)36-37(49-29)38(52-39)32-26(48-36)8-6-22(46-32)15-30(41)50-33-28(16-27(45-21)20(18)3)47-25(10-12-40)31(42)35(33)43-4/h18,21-29,31-38,40,42H,2-3,5-17H2,1,4H3/t18-,21+,22-,23+,24+,25+,26+,27-,28+,29+,31+,32+,33+,34+,35+,36?,37-,38+,39+/m1/s1. The molecule has 13 heteroatoms. The molecule has 52 heavy (non-hydrogen) atoms. The van der Waals surface area contributed by atoms with Crippen molar-refractivity contribution in [2.45, 2.75) is 194 Å². The Morgan fingerprint density at radius 3 is 2.35 bits per heavy atom. The molecule has 10 aliphatic rings. The molecule has 10 rings (SSSR count). The van der Waals surface area contributed by atoms with E-state index in [4.69, 9.17) is 47.4 Å². The van der Waals surface area contributed by atoms with E-state index in [2.05, 4.69) is 20.1 Å². The largest absolute Gasteiger partial charge is 0.457 e. The van der Waals surface area contributed by atoms with Gasteiger partial charge in [-0.15, -0.1) is 0 Å². The average molecular weight is 733 g/mol. The van der Waals surface area contributed by atoms with E-state index in [-0.39, 0.29) is 80.3 Å². The molecule has 0 aromatic rings. The average Bonchev–Trinajstić information content (AvgIpc) is 3.70. The zero-order chi connectivity index (χ0) is 35.9. The highest BCUT2D eigenvalue weighted by Gasteiger charge is 2.68. The maximum Gasteiger partial charge on any atom is 0.308 e. The van der Waals surface area contributed by atoms with Gasteiger partial charge in [0.25, 0.3) is 0 Å². The molecular weight excluding hydrogens is 676 g/mol. The number of ether oxygens (including phenoxy) is 10. The molecule has 1 unspecified atom stereocenters. The quantitative estimate of drug-likeness (QED) is 0.324. The van der Waals surface area contributed by atoms with Crippen molar-refractivity contribution in [1.82, 2.24) is 0 Å². The lowest BCUT2D eigenvalue weighted by Crippen LogP contribution is -2.62. The number of esters is 1. The fourth-order valence-corrected chi connectivity index (χ4v) is 10.8. The zero-order valence-electron chi connectivity index (χ0n) is 30.4. The highest BCUT2D eigenvalue weighted by Crippen LogP contribution is 2.54. The second-order valence-corrected chi connectivity index (χ2v) is 16.9. The fourth-order valence-electron chi connectivity index (χ4n) is 10.8. The number of methoxy groups -OCH3 is 1. The molecule has 1 spiro atoms. The molecule has 13 nitrogen and oxygen atoms in total. The van der Waals surface area contributed by atoms with Crippen molar-refractivity contribution in [3.63, 3.8) is 0 Å². The summed E-state index contributed by atoms with van der Waals surface area (Å²) in [7, 11) is 1.49. The molecule has 0 aromatic heterocycles. The molecule has 0 aliphatic carbocycles. The summed E-state index contributed by atoms with van der Waals surface area (Å²) in [5, 5.41) is 21.1. The third-order valence-electron chi connectivity index (χ3n) is 13.5. The summed E-state index contributed by atoms with van der Waals surface area (Å²) in [5.41, 5.74) is 2.07. The molecular formula is C39H56O13. The molecule has 10 aliphatic heterocycles. The molecule has 10 saturated heterocycles. The van der Waals surface area contributed by atoms with E-state index < -0.39 is 60.6 Å². The number of aliphatic hydroxyl groups is 2. The number of rotatable bonds is 3. The molecule has 10 fully saturated rings. The van der Waals surface area contributed by atoms with Crippen LogP contribution in [0.2, 0.25) is 0 Å². The van der Waals surface area contributed by atoms with Crippen molar-refractivity contribution in [2.24, 2.45) is 5.92 Å². The highest BCUT2D eigenvalue weighted by molar-refractivity contribution is 5.70. The van der Waals surface area contributed by atoms with E-state index in [1.165, 1.54) is 7.11 Å². The maximum atomic E-state index is 13.8. The first-order chi connectivity index (χ1) is 25.1. The fraction of sp³-hybridized carbons (Fsp3) is 0.872. The molecule has 0 saturated carbocycles.